The normalized spacial score (nSPS) is 11.3. The van der Waals surface area contributed by atoms with Crippen molar-refractivity contribution in [3.05, 3.63) is 66.2 Å². The van der Waals surface area contributed by atoms with E-state index < -0.39 is 6.16 Å². The second-order valence-electron chi connectivity index (χ2n) is 8.30. The molecule has 0 spiro atoms. The molecule has 5 rings (SSSR count). The molecule has 2 heterocycles. The van der Waals surface area contributed by atoms with Gasteiger partial charge in [-0.05, 0) is 61.4 Å². The molecule has 0 atom stereocenters. The van der Waals surface area contributed by atoms with Gasteiger partial charge in [0.2, 0.25) is 5.88 Å². The highest BCUT2D eigenvalue weighted by molar-refractivity contribution is 7.00. The topological polar surface area (TPSA) is 95.7 Å². The van der Waals surface area contributed by atoms with Gasteiger partial charge in [-0.1, -0.05) is 18.2 Å². The van der Waals surface area contributed by atoms with Crippen molar-refractivity contribution in [3.63, 3.8) is 0 Å². The number of fused-ring (bicyclic) bond motifs is 2. The molecule has 0 aliphatic rings. The maximum Gasteiger partial charge on any atom is 0.512 e. The number of hydrogen-bond donors (Lipinski definition) is 1. The standard InChI is InChI=1S/C26H23N3O5S/c1-15(2)33-19-9-10-20-23(13-19)29(14-16-4-11-21-22(12-16)28-35-27-21)25(34-26(30)31)24(20)17-5-7-18(32-3)8-6-17/h4-13,15H,14H2,1-3H3,(H,30,31). The number of nitrogens with zero attached hydrogens (tertiary/aromatic N) is 3. The van der Waals surface area contributed by atoms with Crippen molar-refractivity contribution in [2.24, 2.45) is 0 Å². The number of ether oxygens (including phenoxy) is 3. The van der Waals surface area contributed by atoms with Crippen LogP contribution in [0.4, 0.5) is 4.79 Å². The molecule has 0 saturated heterocycles. The van der Waals surface area contributed by atoms with E-state index in [-0.39, 0.29) is 12.0 Å². The Bertz CT molecular complexity index is 1520. The van der Waals surface area contributed by atoms with Gasteiger partial charge in [-0.3, -0.25) is 0 Å². The smallest absolute Gasteiger partial charge is 0.497 e. The summed E-state index contributed by atoms with van der Waals surface area (Å²) in [6.45, 7) is 4.29. The van der Waals surface area contributed by atoms with Crippen molar-refractivity contribution in [1.29, 1.82) is 0 Å². The summed E-state index contributed by atoms with van der Waals surface area (Å²) in [4.78, 5) is 11.8. The molecule has 178 valence electrons. The Morgan fingerprint density at radius 2 is 1.74 bits per heavy atom. The second-order valence-corrected chi connectivity index (χ2v) is 8.82. The SMILES string of the molecule is COc1ccc(-c2c(OC(=O)O)n(Cc3ccc4nsnc4c3)c3cc(OC(C)C)ccc23)cc1. The third-order valence-corrected chi connectivity index (χ3v) is 6.14. The Balaban J connectivity index is 1.74. The van der Waals surface area contributed by atoms with Gasteiger partial charge in [-0.15, -0.1) is 0 Å². The van der Waals surface area contributed by atoms with Crippen LogP contribution in [0, 0.1) is 0 Å². The summed E-state index contributed by atoms with van der Waals surface area (Å²) in [6, 6.07) is 19.0. The third-order valence-electron chi connectivity index (χ3n) is 5.58. The predicted octanol–water partition coefficient (Wildman–Crippen LogP) is 6.21. The fourth-order valence-corrected chi connectivity index (χ4v) is 4.66. The van der Waals surface area contributed by atoms with E-state index in [2.05, 4.69) is 8.75 Å². The molecule has 3 aromatic carbocycles. The van der Waals surface area contributed by atoms with Crippen LogP contribution in [-0.2, 0) is 6.54 Å². The lowest BCUT2D eigenvalue weighted by Crippen LogP contribution is -2.10. The van der Waals surface area contributed by atoms with Crippen LogP contribution in [0.15, 0.2) is 60.7 Å². The highest BCUT2D eigenvalue weighted by atomic mass is 32.1. The highest BCUT2D eigenvalue weighted by Crippen LogP contribution is 2.42. The van der Waals surface area contributed by atoms with E-state index in [1.807, 2.05) is 79.1 Å². The lowest BCUT2D eigenvalue weighted by molar-refractivity contribution is 0.141. The summed E-state index contributed by atoms with van der Waals surface area (Å²) in [5.74, 6) is 1.63. The number of rotatable bonds is 7. The molecule has 1 N–H and O–H groups in total. The highest BCUT2D eigenvalue weighted by Gasteiger charge is 2.23. The van der Waals surface area contributed by atoms with E-state index in [1.165, 1.54) is 0 Å². The van der Waals surface area contributed by atoms with Gasteiger partial charge in [0, 0.05) is 11.5 Å². The summed E-state index contributed by atoms with van der Waals surface area (Å²) in [7, 11) is 1.60. The molecule has 35 heavy (non-hydrogen) atoms. The molecule has 0 amide bonds. The van der Waals surface area contributed by atoms with E-state index >= 15 is 0 Å². The van der Waals surface area contributed by atoms with Gasteiger partial charge in [0.1, 0.15) is 22.5 Å². The summed E-state index contributed by atoms with van der Waals surface area (Å²) >= 11 is 1.16. The first-order valence-electron chi connectivity index (χ1n) is 11.0. The molecule has 0 fully saturated rings. The number of carbonyl (C=O) groups is 1. The molecule has 5 aromatic rings. The fraction of sp³-hybridized carbons (Fsp3) is 0.192. The zero-order valence-corrected chi connectivity index (χ0v) is 20.2. The van der Waals surface area contributed by atoms with Crippen LogP contribution in [0.2, 0.25) is 0 Å². The Labute approximate surface area is 205 Å². The van der Waals surface area contributed by atoms with Crippen LogP contribution in [0.3, 0.4) is 0 Å². The first-order chi connectivity index (χ1) is 16.9. The molecule has 0 unspecified atom stereocenters. The maximum absolute atomic E-state index is 11.8. The number of methoxy groups -OCH3 is 1. The van der Waals surface area contributed by atoms with E-state index in [9.17, 15) is 9.90 Å². The van der Waals surface area contributed by atoms with Gasteiger partial charge in [0.25, 0.3) is 0 Å². The minimum Gasteiger partial charge on any atom is -0.497 e. The first-order valence-corrected chi connectivity index (χ1v) is 11.7. The Kier molecular flexibility index (Phi) is 6.00. The minimum atomic E-state index is -1.39. The Hall–Kier alpha value is -4.11. The molecule has 0 bridgehead atoms. The van der Waals surface area contributed by atoms with E-state index in [0.29, 0.717) is 23.6 Å². The molecule has 0 saturated carbocycles. The quantitative estimate of drug-likeness (QED) is 0.271. The molecule has 0 aliphatic carbocycles. The van der Waals surface area contributed by atoms with Crippen molar-refractivity contribution >= 4 is 39.8 Å². The maximum atomic E-state index is 11.8. The first kappa shape index (κ1) is 22.7. The van der Waals surface area contributed by atoms with E-state index in [0.717, 1.165) is 44.8 Å². The van der Waals surface area contributed by atoms with Crippen LogP contribution >= 0.6 is 11.7 Å². The lowest BCUT2D eigenvalue weighted by atomic mass is 10.0. The predicted molar refractivity (Wildman–Crippen MR) is 135 cm³/mol. The van der Waals surface area contributed by atoms with Gasteiger partial charge in [0.05, 0.1) is 42.6 Å². The summed E-state index contributed by atoms with van der Waals surface area (Å²) in [6.07, 6.45) is -1.40. The number of benzene rings is 3. The number of carboxylic acid groups (broad SMARTS) is 1. The van der Waals surface area contributed by atoms with Gasteiger partial charge in [-0.2, -0.15) is 8.75 Å². The van der Waals surface area contributed by atoms with Gasteiger partial charge in [-0.25, -0.2) is 4.79 Å². The van der Waals surface area contributed by atoms with Crippen molar-refractivity contribution < 1.29 is 24.1 Å². The number of hydrogen-bond acceptors (Lipinski definition) is 7. The largest absolute Gasteiger partial charge is 0.512 e. The van der Waals surface area contributed by atoms with Crippen LogP contribution < -0.4 is 14.2 Å². The van der Waals surface area contributed by atoms with Crippen molar-refractivity contribution in [2.45, 2.75) is 26.5 Å². The average Bonchev–Trinajstić information content (AvgIpc) is 3.41. The minimum absolute atomic E-state index is 0.00812. The fourth-order valence-electron chi connectivity index (χ4n) is 4.14. The van der Waals surface area contributed by atoms with Crippen LogP contribution in [-0.4, -0.2) is 37.8 Å². The molecule has 9 heteroatoms. The summed E-state index contributed by atoms with van der Waals surface area (Å²) in [5.41, 5.74) is 4.84. The average molecular weight is 490 g/mol. The van der Waals surface area contributed by atoms with Gasteiger partial charge in [0.15, 0.2) is 0 Å². The van der Waals surface area contributed by atoms with E-state index in [1.54, 1.807) is 7.11 Å². The molecule has 2 aromatic heterocycles. The Morgan fingerprint density at radius 1 is 1.00 bits per heavy atom. The van der Waals surface area contributed by atoms with Crippen LogP contribution in [0.1, 0.15) is 19.4 Å². The van der Waals surface area contributed by atoms with Crippen molar-refractivity contribution in [1.82, 2.24) is 13.3 Å². The third kappa shape index (κ3) is 4.50. The molecule has 8 nitrogen and oxygen atoms in total. The molecule has 0 aliphatic heterocycles. The van der Waals surface area contributed by atoms with E-state index in [4.69, 9.17) is 14.2 Å². The van der Waals surface area contributed by atoms with Crippen molar-refractivity contribution in [3.8, 4) is 28.5 Å². The Morgan fingerprint density at radius 3 is 2.46 bits per heavy atom. The second kappa shape index (κ2) is 9.27. The number of aromatic nitrogens is 3. The summed E-state index contributed by atoms with van der Waals surface area (Å²) in [5, 5.41) is 10.5. The monoisotopic (exact) mass is 489 g/mol. The van der Waals surface area contributed by atoms with Gasteiger partial charge < -0.3 is 23.9 Å². The molecule has 0 radical (unpaired) electrons. The molecular formula is C26H23N3O5S. The van der Waals surface area contributed by atoms with Crippen LogP contribution in [0.5, 0.6) is 17.4 Å². The molecular weight excluding hydrogens is 466 g/mol. The zero-order chi connectivity index (χ0) is 24.5. The van der Waals surface area contributed by atoms with Gasteiger partial charge >= 0.3 is 6.16 Å². The zero-order valence-electron chi connectivity index (χ0n) is 19.4. The summed E-state index contributed by atoms with van der Waals surface area (Å²) < 4.78 is 27.1. The lowest BCUT2D eigenvalue weighted by Gasteiger charge is -2.12. The van der Waals surface area contributed by atoms with Crippen molar-refractivity contribution in [2.75, 3.05) is 7.11 Å². The van der Waals surface area contributed by atoms with Crippen LogP contribution in [0.25, 0.3) is 33.1 Å².